The van der Waals surface area contributed by atoms with Gasteiger partial charge in [-0.2, -0.15) is 0 Å². The van der Waals surface area contributed by atoms with E-state index in [1.54, 1.807) is 24.3 Å². The lowest BCUT2D eigenvalue weighted by Crippen LogP contribution is -2.15. The van der Waals surface area contributed by atoms with Crippen molar-refractivity contribution in [2.75, 3.05) is 26.4 Å². The quantitative estimate of drug-likeness (QED) is 0.129. The van der Waals surface area contributed by atoms with Crippen LogP contribution in [0, 0.1) is 0 Å². The number of esters is 2. The van der Waals surface area contributed by atoms with Crippen LogP contribution < -0.4 is 0 Å². The van der Waals surface area contributed by atoms with Gasteiger partial charge < -0.3 is 24.8 Å². The summed E-state index contributed by atoms with van der Waals surface area (Å²) in [5.41, 5.74) is 0.586. The smallest absolute Gasteiger partial charge is 0.339 e. The standard InChI is InChI=1S/C24H38O4.C6H14O3/c1-3-5-7-9-11-15-19-27-23(25)21-17-13-14-18-22(21)24(26)28-20-16-12-10-8-6-4-2;7-4-2-1-3-6(9)5-8/h13-14,17-18H,3-12,15-16,19-20H2,1-2H3;6-9H,1-5H2. The number of ether oxygens (including phenoxy) is 2. The van der Waals surface area contributed by atoms with E-state index in [-0.39, 0.29) is 13.2 Å². The SMILES string of the molecule is CCCCCCCCOC(=O)c1ccccc1C(=O)OCCCCCCCC.OCCCCC(O)CO. The van der Waals surface area contributed by atoms with Crippen LogP contribution in [-0.2, 0) is 9.47 Å². The zero-order valence-corrected chi connectivity index (χ0v) is 23.3. The summed E-state index contributed by atoms with van der Waals surface area (Å²) in [7, 11) is 0. The van der Waals surface area contributed by atoms with E-state index in [1.165, 1.54) is 51.4 Å². The van der Waals surface area contributed by atoms with Crippen LogP contribution in [0.3, 0.4) is 0 Å². The highest BCUT2D eigenvalue weighted by atomic mass is 16.5. The van der Waals surface area contributed by atoms with Gasteiger partial charge in [0.05, 0.1) is 37.1 Å². The summed E-state index contributed by atoms with van der Waals surface area (Å²) >= 11 is 0. The second-order valence-corrected chi connectivity index (χ2v) is 9.41. The van der Waals surface area contributed by atoms with Crippen LogP contribution in [0.1, 0.15) is 131 Å². The zero-order chi connectivity index (χ0) is 27.6. The number of hydrogen-bond acceptors (Lipinski definition) is 7. The average Bonchev–Trinajstić information content (AvgIpc) is 2.92. The molecule has 37 heavy (non-hydrogen) atoms. The highest BCUT2D eigenvalue weighted by Crippen LogP contribution is 2.14. The molecule has 0 aliphatic carbocycles. The van der Waals surface area contributed by atoms with Gasteiger partial charge in [0.25, 0.3) is 0 Å². The summed E-state index contributed by atoms with van der Waals surface area (Å²) < 4.78 is 10.7. The Balaban J connectivity index is 0.00000122. The first-order chi connectivity index (χ1) is 18.0. The molecule has 7 heteroatoms. The summed E-state index contributed by atoms with van der Waals surface area (Å²) in [4.78, 5) is 24.7. The summed E-state index contributed by atoms with van der Waals surface area (Å²) in [5, 5.41) is 25.4. The van der Waals surface area contributed by atoms with Gasteiger partial charge in [0.1, 0.15) is 0 Å². The number of carbonyl (C=O) groups is 2. The van der Waals surface area contributed by atoms with Crippen molar-refractivity contribution in [3.8, 4) is 0 Å². The van der Waals surface area contributed by atoms with Crippen molar-refractivity contribution in [3.63, 3.8) is 0 Å². The Hall–Kier alpha value is -1.96. The molecule has 0 amide bonds. The van der Waals surface area contributed by atoms with Crippen molar-refractivity contribution in [1.82, 2.24) is 0 Å². The lowest BCUT2D eigenvalue weighted by molar-refractivity contribution is 0.0450. The molecule has 0 heterocycles. The van der Waals surface area contributed by atoms with Crippen LogP contribution in [0.25, 0.3) is 0 Å². The molecule has 0 radical (unpaired) electrons. The second-order valence-electron chi connectivity index (χ2n) is 9.41. The van der Waals surface area contributed by atoms with Crippen LogP contribution in [0.15, 0.2) is 24.3 Å². The van der Waals surface area contributed by atoms with Crippen LogP contribution in [0.2, 0.25) is 0 Å². The zero-order valence-electron chi connectivity index (χ0n) is 23.3. The van der Waals surface area contributed by atoms with Crippen molar-refractivity contribution >= 4 is 11.9 Å². The fourth-order valence-corrected chi connectivity index (χ4v) is 3.67. The molecule has 0 aliphatic rings. The Morgan fingerprint density at radius 2 is 1.11 bits per heavy atom. The third-order valence-electron chi connectivity index (χ3n) is 5.99. The van der Waals surface area contributed by atoms with E-state index >= 15 is 0 Å². The van der Waals surface area contributed by atoms with Crippen LogP contribution in [0.4, 0.5) is 0 Å². The van der Waals surface area contributed by atoms with Gasteiger partial charge in [-0.05, 0) is 44.2 Å². The van der Waals surface area contributed by atoms with E-state index in [0.29, 0.717) is 37.2 Å². The Kier molecular flexibility index (Phi) is 24.3. The Labute approximate surface area is 224 Å². The lowest BCUT2D eigenvalue weighted by atomic mass is 10.1. The maximum Gasteiger partial charge on any atom is 0.339 e. The lowest BCUT2D eigenvalue weighted by Gasteiger charge is -2.10. The third kappa shape index (κ3) is 19.8. The summed E-state index contributed by atoms with van der Waals surface area (Å²) in [6.07, 6.45) is 15.1. The van der Waals surface area contributed by atoms with E-state index in [2.05, 4.69) is 13.8 Å². The van der Waals surface area contributed by atoms with Gasteiger partial charge in [0.15, 0.2) is 0 Å². The van der Waals surface area contributed by atoms with E-state index in [0.717, 1.165) is 32.1 Å². The van der Waals surface area contributed by atoms with E-state index in [9.17, 15) is 9.59 Å². The topological polar surface area (TPSA) is 113 Å². The molecule has 0 aliphatic heterocycles. The predicted molar refractivity (Wildman–Crippen MR) is 148 cm³/mol. The number of rotatable bonds is 21. The Morgan fingerprint density at radius 1 is 0.676 bits per heavy atom. The molecule has 0 fully saturated rings. The van der Waals surface area contributed by atoms with Gasteiger partial charge in [0, 0.05) is 6.61 Å². The average molecular weight is 525 g/mol. The van der Waals surface area contributed by atoms with Crippen molar-refractivity contribution < 1.29 is 34.4 Å². The van der Waals surface area contributed by atoms with E-state index in [1.807, 2.05) is 0 Å². The maximum absolute atomic E-state index is 12.4. The molecule has 7 nitrogen and oxygen atoms in total. The number of hydrogen-bond donors (Lipinski definition) is 3. The number of aliphatic hydroxyl groups is 3. The normalized spacial score (nSPS) is 11.4. The highest BCUT2D eigenvalue weighted by molar-refractivity contribution is 6.03. The molecule has 0 saturated carbocycles. The van der Waals surface area contributed by atoms with E-state index in [4.69, 9.17) is 24.8 Å². The van der Waals surface area contributed by atoms with Crippen LogP contribution in [-0.4, -0.2) is 59.8 Å². The van der Waals surface area contributed by atoms with Gasteiger partial charge in [0.2, 0.25) is 0 Å². The molecule has 0 saturated heterocycles. The first kappa shape index (κ1) is 35.0. The fourth-order valence-electron chi connectivity index (χ4n) is 3.67. The van der Waals surface area contributed by atoms with Gasteiger partial charge >= 0.3 is 11.9 Å². The fraction of sp³-hybridized carbons (Fsp3) is 0.733. The third-order valence-corrected chi connectivity index (χ3v) is 5.99. The summed E-state index contributed by atoms with van der Waals surface area (Å²) in [6, 6.07) is 6.74. The molecular formula is C30H52O7. The van der Waals surface area contributed by atoms with Gasteiger partial charge in [-0.3, -0.25) is 0 Å². The minimum atomic E-state index is -0.600. The first-order valence-corrected chi connectivity index (χ1v) is 14.3. The number of unbranched alkanes of at least 4 members (excludes halogenated alkanes) is 11. The molecule has 1 aromatic rings. The second kappa shape index (κ2) is 25.7. The Morgan fingerprint density at radius 3 is 1.51 bits per heavy atom. The molecule has 1 unspecified atom stereocenters. The molecule has 1 atom stereocenters. The molecule has 0 aromatic heterocycles. The van der Waals surface area contributed by atoms with Crippen molar-refractivity contribution in [3.05, 3.63) is 35.4 Å². The molecule has 0 bridgehead atoms. The largest absolute Gasteiger partial charge is 0.462 e. The van der Waals surface area contributed by atoms with Gasteiger partial charge in [-0.25, -0.2) is 9.59 Å². The predicted octanol–water partition coefficient (Wildman–Crippen LogP) is 6.22. The summed E-state index contributed by atoms with van der Waals surface area (Å²) in [5.74, 6) is -0.888. The Bertz CT molecular complexity index is 629. The molecule has 3 N–H and O–H groups in total. The van der Waals surface area contributed by atoms with Crippen LogP contribution >= 0.6 is 0 Å². The van der Waals surface area contributed by atoms with Crippen molar-refractivity contribution in [2.45, 2.75) is 116 Å². The molecule has 1 aromatic carbocycles. The molecule has 1 rings (SSSR count). The highest BCUT2D eigenvalue weighted by Gasteiger charge is 2.18. The number of aliphatic hydroxyl groups excluding tert-OH is 3. The van der Waals surface area contributed by atoms with Crippen molar-refractivity contribution in [2.24, 2.45) is 0 Å². The molecular weight excluding hydrogens is 472 g/mol. The number of carbonyl (C=O) groups excluding carboxylic acids is 2. The molecule has 0 spiro atoms. The summed E-state index contributed by atoms with van der Waals surface area (Å²) in [6.45, 7) is 5.16. The minimum absolute atomic E-state index is 0.165. The van der Waals surface area contributed by atoms with Crippen molar-refractivity contribution in [1.29, 1.82) is 0 Å². The van der Waals surface area contributed by atoms with Gasteiger partial charge in [-0.15, -0.1) is 0 Å². The van der Waals surface area contributed by atoms with Gasteiger partial charge in [-0.1, -0.05) is 90.2 Å². The van der Waals surface area contributed by atoms with Crippen LogP contribution in [0.5, 0.6) is 0 Å². The maximum atomic E-state index is 12.4. The van der Waals surface area contributed by atoms with E-state index < -0.39 is 18.0 Å². The minimum Gasteiger partial charge on any atom is -0.462 e. The molecule has 214 valence electrons. The first-order valence-electron chi connectivity index (χ1n) is 14.3. The monoisotopic (exact) mass is 524 g/mol. The number of benzene rings is 1.